The summed E-state index contributed by atoms with van der Waals surface area (Å²) in [5, 5.41) is 7.00. The fourth-order valence-corrected chi connectivity index (χ4v) is 1.69. The molecule has 108 valence electrons. The summed E-state index contributed by atoms with van der Waals surface area (Å²) < 4.78 is 6.79. The molecule has 1 heterocycles. The van der Waals surface area contributed by atoms with Gasteiger partial charge in [0, 0.05) is 19.9 Å². The predicted octanol–water partition coefficient (Wildman–Crippen LogP) is 1.20. The van der Waals surface area contributed by atoms with E-state index in [0.717, 1.165) is 26.2 Å². The van der Waals surface area contributed by atoms with E-state index in [4.69, 9.17) is 4.74 Å². The summed E-state index contributed by atoms with van der Waals surface area (Å²) in [6, 6.07) is 0. The highest BCUT2D eigenvalue weighted by molar-refractivity contribution is 5.93. The van der Waals surface area contributed by atoms with E-state index in [1.54, 1.807) is 13.1 Å². The predicted molar refractivity (Wildman–Crippen MR) is 75.1 cm³/mol. The maximum Gasteiger partial charge on any atom is 0.253 e. The van der Waals surface area contributed by atoms with E-state index in [1.165, 1.54) is 7.11 Å². The molecule has 0 saturated heterocycles. The van der Waals surface area contributed by atoms with Gasteiger partial charge in [0.1, 0.15) is 6.10 Å². The van der Waals surface area contributed by atoms with Gasteiger partial charge in [0.2, 0.25) is 0 Å². The highest BCUT2D eigenvalue weighted by Crippen LogP contribution is 2.06. The summed E-state index contributed by atoms with van der Waals surface area (Å²) in [6.45, 7) is 9.84. The number of hydrogen-bond acceptors (Lipinski definition) is 4. The monoisotopic (exact) mass is 268 g/mol. The largest absolute Gasteiger partial charge is 0.372 e. The molecule has 0 aromatic carbocycles. The van der Waals surface area contributed by atoms with Gasteiger partial charge in [-0.1, -0.05) is 13.8 Å². The maximum atomic E-state index is 11.6. The Hall–Kier alpha value is -1.40. The van der Waals surface area contributed by atoms with Crippen molar-refractivity contribution in [2.24, 2.45) is 0 Å². The van der Waals surface area contributed by atoms with Crippen LogP contribution in [0.1, 0.15) is 20.8 Å². The Morgan fingerprint density at radius 2 is 2.21 bits per heavy atom. The van der Waals surface area contributed by atoms with Gasteiger partial charge in [0.25, 0.3) is 5.91 Å². The standard InChI is InChI=1S/C13H24N4O2/c1-5-16(6-2)7-8-17-10-12(9-14-17)15-13(18)11(3)19-4/h9-11H,5-8H2,1-4H3,(H,15,18). The van der Waals surface area contributed by atoms with Crippen LogP contribution < -0.4 is 5.32 Å². The molecule has 0 aliphatic rings. The van der Waals surface area contributed by atoms with Crippen molar-refractivity contribution in [1.29, 1.82) is 0 Å². The Labute approximate surface area is 114 Å². The number of likely N-dealkylation sites (N-methyl/N-ethyl adjacent to an activating group) is 1. The van der Waals surface area contributed by atoms with E-state index >= 15 is 0 Å². The number of nitrogens with one attached hydrogen (secondary N) is 1. The number of nitrogens with zero attached hydrogens (tertiary/aromatic N) is 3. The number of amides is 1. The molecule has 1 aromatic rings. The average molecular weight is 268 g/mol. The van der Waals surface area contributed by atoms with Crippen molar-refractivity contribution in [1.82, 2.24) is 14.7 Å². The Balaban J connectivity index is 2.46. The highest BCUT2D eigenvalue weighted by Gasteiger charge is 2.12. The molecule has 0 aliphatic carbocycles. The lowest BCUT2D eigenvalue weighted by molar-refractivity contribution is -0.124. The first-order valence-corrected chi connectivity index (χ1v) is 6.69. The fraction of sp³-hybridized carbons (Fsp3) is 0.692. The topological polar surface area (TPSA) is 59.4 Å². The maximum absolute atomic E-state index is 11.6. The molecule has 6 nitrogen and oxygen atoms in total. The van der Waals surface area contributed by atoms with Crippen molar-refractivity contribution in [2.45, 2.75) is 33.4 Å². The van der Waals surface area contributed by atoms with E-state index in [9.17, 15) is 4.79 Å². The molecule has 1 amide bonds. The van der Waals surface area contributed by atoms with Crippen molar-refractivity contribution < 1.29 is 9.53 Å². The van der Waals surface area contributed by atoms with Crippen LogP contribution in [-0.4, -0.2) is 53.4 Å². The average Bonchev–Trinajstić information content (AvgIpc) is 2.86. The minimum Gasteiger partial charge on any atom is -0.372 e. The van der Waals surface area contributed by atoms with Crippen molar-refractivity contribution in [3.8, 4) is 0 Å². The van der Waals surface area contributed by atoms with Gasteiger partial charge in [0.15, 0.2) is 0 Å². The molecule has 1 N–H and O–H groups in total. The summed E-state index contributed by atoms with van der Waals surface area (Å²) in [7, 11) is 1.51. The van der Waals surface area contributed by atoms with Crippen molar-refractivity contribution in [3.63, 3.8) is 0 Å². The SMILES string of the molecule is CCN(CC)CCn1cc(NC(=O)C(C)OC)cn1. The van der Waals surface area contributed by atoms with Gasteiger partial charge in [-0.2, -0.15) is 5.10 Å². The number of ether oxygens (including phenoxy) is 1. The van der Waals surface area contributed by atoms with Crippen LogP contribution in [0.15, 0.2) is 12.4 Å². The van der Waals surface area contributed by atoms with E-state index in [0.29, 0.717) is 5.69 Å². The number of hydrogen-bond donors (Lipinski definition) is 1. The van der Waals surface area contributed by atoms with Gasteiger partial charge in [-0.3, -0.25) is 9.48 Å². The van der Waals surface area contributed by atoms with Crippen molar-refractivity contribution in [3.05, 3.63) is 12.4 Å². The molecule has 0 fully saturated rings. The minimum atomic E-state index is -0.459. The minimum absolute atomic E-state index is 0.161. The van der Waals surface area contributed by atoms with Crippen LogP contribution in [0.5, 0.6) is 0 Å². The molecule has 0 spiro atoms. The van der Waals surface area contributed by atoms with Crippen LogP contribution >= 0.6 is 0 Å². The zero-order valence-electron chi connectivity index (χ0n) is 12.2. The molecule has 0 aliphatic heterocycles. The molecule has 1 aromatic heterocycles. The van der Waals surface area contributed by atoms with Crippen molar-refractivity contribution in [2.75, 3.05) is 32.1 Å². The Morgan fingerprint density at radius 1 is 1.53 bits per heavy atom. The van der Waals surface area contributed by atoms with Crippen LogP contribution in [-0.2, 0) is 16.1 Å². The second kappa shape index (κ2) is 7.91. The summed E-state index contributed by atoms with van der Waals surface area (Å²) in [5.74, 6) is -0.161. The number of rotatable bonds is 8. The normalized spacial score (nSPS) is 12.7. The first kappa shape index (κ1) is 15.7. The van der Waals surface area contributed by atoms with E-state index in [2.05, 4.69) is 29.2 Å². The number of methoxy groups -OCH3 is 1. The number of carbonyl (C=O) groups excluding carboxylic acids is 1. The summed E-state index contributed by atoms with van der Waals surface area (Å²) in [6.07, 6.45) is 3.03. The Bertz CT molecular complexity index is 388. The van der Waals surface area contributed by atoms with E-state index in [-0.39, 0.29) is 5.91 Å². The van der Waals surface area contributed by atoms with Crippen LogP contribution in [0.25, 0.3) is 0 Å². The highest BCUT2D eigenvalue weighted by atomic mass is 16.5. The van der Waals surface area contributed by atoms with Gasteiger partial charge in [-0.15, -0.1) is 0 Å². The summed E-state index contributed by atoms with van der Waals surface area (Å²) in [4.78, 5) is 14.0. The lowest BCUT2D eigenvalue weighted by Gasteiger charge is -2.17. The molecule has 0 radical (unpaired) electrons. The zero-order valence-corrected chi connectivity index (χ0v) is 12.2. The summed E-state index contributed by atoms with van der Waals surface area (Å²) >= 11 is 0. The number of carbonyl (C=O) groups is 1. The molecular weight excluding hydrogens is 244 g/mol. The van der Waals surface area contributed by atoms with Gasteiger partial charge in [0.05, 0.1) is 18.4 Å². The van der Waals surface area contributed by atoms with E-state index in [1.807, 2.05) is 10.9 Å². The van der Waals surface area contributed by atoms with Crippen molar-refractivity contribution >= 4 is 11.6 Å². The lowest BCUT2D eigenvalue weighted by Crippen LogP contribution is -2.27. The third-order valence-corrected chi connectivity index (χ3v) is 3.16. The van der Waals surface area contributed by atoms with Gasteiger partial charge < -0.3 is 15.0 Å². The molecule has 19 heavy (non-hydrogen) atoms. The van der Waals surface area contributed by atoms with Crippen LogP contribution in [0.4, 0.5) is 5.69 Å². The number of anilines is 1. The molecular formula is C13H24N4O2. The third-order valence-electron chi connectivity index (χ3n) is 3.16. The fourth-order valence-electron chi connectivity index (χ4n) is 1.69. The zero-order chi connectivity index (χ0) is 14.3. The van der Waals surface area contributed by atoms with Gasteiger partial charge in [-0.25, -0.2) is 0 Å². The molecule has 6 heteroatoms. The van der Waals surface area contributed by atoms with Crippen LogP contribution in [0, 0.1) is 0 Å². The summed E-state index contributed by atoms with van der Waals surface area (Å²) in [5.41, 5.74) is 0.702. The Morgan fingerprint density at radius 3 is 2.79 bits per heavy atom. The molecule has 1 atom stereocenters. The Kier molecular flexibility index (Phi) is 6.52. The molecule has 1 unspecified atom stereocenters. The van der Waals surface area contributed by atoms with Gasteiger partial charge in [-0.05, 0) is 20.0 Å². The first-order valence-electron chi connectivity index (χ1n) is 6.69. The molecule has 1 rings (SSSR count). The third kappa shape index (κ3) is 5.00. The quantitative estimate of drug-likeness (QED) is 0.769. The first-order chi connectivity index (χ1) is 9.10. The van der Waals surface area contributed by atoms with Gasteiger partial charge >= 0.3 is 0 Å². The second-order valence-electron chi connectivity index (χ2n) is 4.39. The van der Waals surface area contributed by atoms with E-state index < -0.39 is 6.10 Å². The smallest absolute Gasteiger partial charge is 0.253 e. The number of aromatic nitrogens is 2. The molecule has 0 saturated carbocycles. The van der Waals surface area contributed by atoms with Crippen LogP contribution in [0.3, 0.4) is 0 Å². The van der Waals surface area contributed by atoms with Crippen LogP contribution in [0.2, 0.25) is 0 Å². The second-order valence-corrected chi connectivity index (χ2v) is 4.39. The molecule has 0 bridgehead atoms. The lowest BCUT2D eigenvalue weighted by atomic mass is 10.3.